The van der Waals surface area contributed by atoms with E-state index < -0.39 is 224 Å². The van der Waals surface area contributed by atoms with Crippen molar-refractivity contribution in [1.29, 1.82) is 0 Å². The number of aromatic amines is 2. The van der Waals surface area contributed by atoms with Gasteiger partial charge in [0, 0.05) is 57.5 Å². The van der Waals surface area contributed by atoms with Crippen molar-refractivity contribution in [2.45, 2.75) is 261 Å². The zero-order valence-electron chi connectivity index (χ0n) is 74.2. The highest BCUT2D eigenvalue weighted by Gasteiger charge is 2.57. The highest BCUT2D eigenvalue weighted by molar-refractivity contribution is 6.00. The van der Waals surface area contributed by atoms with Crippen LogP contribution in [-0.2, 0) is 56.8 Å². The molecule has 0 aliphatic carbocycles. The average molecular weight is 1910 g/mol. The van der Waals surface area contributed by atoms with Gasteiger partial charge < -0.3 is 189 Å². The molecule has 30 atom stereocenters. The van der Waals surface area contributed by atoms with E-state index in [1.54, 1.807) is 24.3 Å². The van der Waals surface area contributed by atoms with Crippen LogP contribution in [0.4, 0.5) is 0 Å². The minimum Gasteiger partial charge on any atom is -0.508 e. The lowest BCUT2D eigenvalue weighted by Gasteiger charge is -2.48. The molecule has 0 spiro atoms. The number of aliphatic hydroxyl groups excluding tert-OH is 20. The molecule has 6 fully saturated rings. The number of fused-ring (bicyclic) bond motifs is 8. The molecule has 136 heavy (non-hydrogen) atoms. The molecule has 40 heteroatoms. The van der Waals surface area contributed by atoms with Crippen LogP contribution in [0.3, 0.4) is 0 Å². The molecule has 11 heterocycles. The summed E-state index contributed by atoms with van der Waals surface area (Å²) >= 11 is 0. The number of nitrogens with one attached hydrogen (secondary N) is 2. The summed E-state index contributed by atoms with van der Waals surface area (Å²) in [4.78, 5) is 18.4. The Hall–Kier alpha value is -8.60. The Morgan fingerprint density at radius 3 is 0.743 bits per heavy atom. The number of phenols is 2. The second kappa shape index (κ2) is 47.1. The quantitative estimate of drug-likeness (QED) is 0.0239. The molecule has 0 unspecified atom stereocenters. The largest absolute Gasteiger partial charge is 0.508 e. The maximum atomic E-state index is 11.2. The fourth-order valence-corrected chi connectivity index (χ4v) is 18.1. The smallest absolute Gasteiger partial charge is 0.187 e. The number of hydrogen-bond acceptors (Lipinski definition) is 38. The monoisotopic (exact) mass is 1910 g/mol. The number of H-pyrrole nitrogens is 2. The number of phenolic OH excluding ortho intramolecular Hbond substituents is 2. The van der Waals surface area contributed by atoms with Crippen molar-refractivity contribution in [2.24, 2.45) is 0 Å². The summed E-state index contributed by atoms with van der Waals surface area (Å²) in [5.74, 6) is 1.51. The van der Waals surface area contributed by atoms with E-state index in [2.05, 4.69) is 9.97 Å². The summed E-state index contributed by atoms with van der Waals surface area (Å²) in [6.07, 6.45) is -32.9. The molecule has 8 aliphatic heterocycles. The van der Waals surface area contributed by atoms with E-state index in [0.717, 1.165) is 131 Å². The minimum absolute atomic E-state index is 0.0948. The Morgan fingerprint density at radius 1 is 0.243 bits per heavy atom. The first kappa shape index (κ1) is 102. The number of aliphatic hydroxyl groups is 20. The summed E-state index contributed by atoms with van der Waals surface area (Å²) in [6.45, 7) is -3.60. The van der Waals surface area contributed by atoms with Crippen molar-refractivity contribution in [3.8, 4) is 67.5 Å². The molecular formula is C96H122N4O36. The third kappa shape index (κ3) is 23.2. The number of aromatic hydroxyl groups is 2. The Kier molecular flexibility index (Phi) is 35.3. The van der Waals surface area contributed by atoms with Crippen LogP contribution >= 0.6 is 0 Å². The molecule has 8 aliphatic rings. The Labute approximate surface area is 780 Å². The highest BCUT2D eigenvalue weighted by atomic mass is 16.8. The molecule has 8 bridgehead atoms. The summed E-state index contributed by atoms with van der Waals surface area (Å²) < 4.78 is 80.9. The topological polar surface area (TPSA) is 632 Å². The van der Waals surface area contributed by atoms with Gasteiger partial charge in [0.1, 0.15) is 169 Å². The fourth-order valence-electron chi connectivity index (χ4n) is 18.1. The standard InChI is InChI=1S/C96H122N4O36/c101-41-63-73(109)75(111)81(117)93(127-63)133-89-67(45-105)131-95(85(121)79(89)115)135-87-65(43-103)129-91(83(119)77(87)113)125-39-11-7-3-1-5-9-37-123-53-25-17-49(18-26-53)71-59-33-29-55(97-59)69(47-13-21-51(107)22-14-47)57-31-35-61(99-57)72(62-36-32-58(100-62)70(56-30-34-60(71)98-56)48-15-23-52(108)24-16-48)50-19-27-54(28-20-50)124-38-10-6-2-4-8-12-40-126-92-84(120)78(114)88(66(44-104)130-92)136-96-86(122)80(116)90(68(46-106)132-96)134-94-82(118)76(112)74(110)64(42-102)128-94/h13-36,63-68,73-97,100-122H,1-12,37-46H2/t63-,64-,65-,66-,67-,68-,73+,74+,75+,76+,77-,78-,79-,80-,81-,82-,83-,84-,85-,86-,87-,88-,89+,90+,91-,92-,93-,94-,95+,96+/m1/s1. The molecule has 15 rings (SSSR count). The van der Waals surface area contributed by atoms with Gasteiger partial charge in [-0.1, -0.05) is 99.9 Å². The molecule has 40 nitrogen and oxygen atoms in total. The number of aromatic nitrogens is 4. The lowest BCUT2D eigenvalue weighted by Crippen LogP contribution is -2.66. The number of rotatable bonds is 40. The maximum Gasteiger partial charge on any atom is 0.187 e. The number of benzene rings is 4. The molecule has 4 aromatic carbocycles. The van der Waals surface area contributed by atoms with Crippen LogP contribution in [0.15, 0.2) is 121 Å². The number of unbranched alkanes of at least 4 members (excludes halogenated alkanes) is 10. The van der Waals surface area contributed by atoms with Crippen molar-refractivity contribution >= 4 is 46.4 Å². The predicted octanol–water partition coefficient (Wildman–Crippen LogP) is 1.10. The molecule has 24 N–H and O–H groups in total. The molecule has 0 saturated carbocycles. The van der Waals surface area contributed by atoms with E-state index in [-0.39, 0.29) is 24.7 Å². The van der Waals surface area contributed by atoms with Crippen LogP contribution in [0, 0.1) is 0 Å². The first-order valence-corrected chi connectivity index (χ1v) is 46.0. The zero-order valence-corrected chi connectivity index (χ0v) is 74.2. The molecule has 6 saturated heterocycles. The van der Waals surface area contributed by atoms with Gasteiger partial charge in [-0.25, -0.2) is 9.97 Å². The second-order valence-electron chi connectivity index (χ2n) is 35.0. The van der Waals surface area contributed by atoms with Crippen molar-refractivity contribution in [1.82, 2.24) is 19.9 Å². The van der Waals surface area contributed by atoms with Gasteiger partial charge in [0.25, 0.3) is 0 Å². The van der Waals surface area contributed by atoms with E-state index in [0.29, 0.717) is 60.3 Å². The normalized spacial score (nSPS) is 32.5. The van der Waals surface area contributed by atoms with Gasteiger partial charge in [-0.3, -0.25) is 0 Å². The molecule has 7 aromatic rings. The Bertz CT molecular complexity index is 4880. The van der Waals surface area contributed by atoms with Gasteiger partial charge in [-0.15, -0.1) is 0 Å². The van der Waals surface area contributed by atoms with Crippen LogP contribution in [0.25, 0.3) is 90.9 Å². The molecule has 3 aromatic heterocycles. The van der Waals surface area contributed by atoms with Gasteiger partial charge in [0.05, 0.1) is 75.6 Å². The summed E-state index contributed by atoms with van der Waals surface area (Å²) in [6, 6.07) is 37.7. The van der Waals surface area contributed by atoms with Gasteiger partial charge >= 0.3 is 0 Å². The lowest BCUT2D eigenvalue weighted by atomic mass is 9.96. The average Bonchev–Trinajstić information content (AvgIpc) is 1.37. The summed E-state index contributed by atoms with van der Waals surface area (Å²) in [5.41, 5.74) is 12.0. The van der Waals surface area contributed by atoms with Gasteiger partial charge in [0.2, 0.25) is 0 Å². The highest BCUT2D eigenvalue weighted by Crippen LogP contribution is 2.43. The van der Waals surface area contributed by atoms with E-state index >= 15 is 0 Å². The van der Waals surface area contributed by atoms with Gasteiger partial charge in [-0.05, 0) is 145 Å². The molecule has 0 radical (unpaired) electrons. The van der Waals surface area contributed by atoms with Crippen molar-refractivity contribution in [2.75, 3.05) is 66.1 Å². The van der Waals surface area contributed by atoms with Crippen LogP contribution < -0.4 is 9.47 Å². The summed E-state index contributed by atoms with van der Waals surface area (Å²) in [7, 11) is 0. The lowest BCUT2D eigenvalue weighted by molar-refractivity contribution is -0.379. The van der Waals surface area contributed by atoms with Crippen molar-refractivity contribution in [3.63, 3.8) is 0 Å². The minimum atomic E-state index is -1.96. The van der Waals surface area contributed by atoms with Crippen molar-refractivity contribution in [3.05, 3.63) is 144 Å². The first-order valence-electron chi connectivity index (χ1n) is 46.0. The zero-order chi connectivity index (χ0) is 96.1. The van der Waals surface area contributed by atoms with Crippen LogP contribution in [0.1, 0.15) is 99.8 Å². The van der Waals surface area contributed by atoms with Gasteiger partial charge in [0.15, 0.2) is 37.7 Å². The third-order valence-electron chi connectivity index (χ3n) is 25.7. The fraction of sp³-hybridized carbons (Fsp3) is 0.542. The SMILES string of the molecule is OC[C@H]1O[C@H](O[C@@H]2[C@H](O)[C@@H](O)[C@H](O[C@H]3[C@H](O)[C@@H](O)[C@H](OCCCCCCCCOc4ccc(-c5c6nc(c(-c7ccc(O)cc7)c7ccc([nH]7)c(-c7ccc(OCCCCCCCCO[C@@H]8O[C@H](CO)[C@@H](O[C@@H]9O[C@H](CO)[C@H](O[C@H]%10O[C@H](CO)[C@H](O)[C@H](O)[C@H]%10O)[C@H](O)[C@H]9O)[C@H](O)[C@H]8O)cc7)c7nc(c(-c8ccc(O)cc8)c8ccc5[nH]8)C=C7)C=C6)cc4)O[C@@H]3CO)O[C@@H]2CO)[C@H](O)[C@@H](O)[C@H]1O. The summed E-state index contributed by atoms with van der Waals surface area (Å²) in [5, 5.41) is 233. The Morgan fingerprint density at radius 2 is 0.471 bits per heavy atom. The first-order chi connectivity index (χ1) is 65.8. The third-order valence-corrected chi connectivity index (χ3v) is 25.7. The maximum absolute atomic E-state index is 11.2. The van der Waals surface area contributed by atoms with E-state index in [9.17, 15) is 112 Å². The van der Waals surface area contributed by atoms with Crippen LogP contribution in [-0.4, -0.2) is 383 Å². The number of nitrogens with zero attached hydrogens (tertiary/aromatic N) is 2. The van der Waals surface area contributed by atoms with Crippen LogP contribution in [0.5, 0.6) is 23.0 Å². The Balaban J connectivity index is 0.539. The second-order valence-corrected chi connectivity index (χ2v) is 35.0. The molecule has 742 valence electrons. The van der Waals surface area contributed by atoms with E-state index in [1.165, 1.54) is 0 Å². The van der Waals surface area contributed by atoms with Crippen molar-refractivity contribution < 1.29 is 179 Å². The predicted molar refractivity (Wildman–Crippen MR) is 480 cm³/mol. The van der Waals surface area contributed by atoms with Crippen LogP contribution in [0.2, 0.25) is 0 Å². The molecule has 0 amide bonds. The van der Waals surface area contributed by atoms with E-state index in [1.807, 2.05) is 121 Å². The number of ether oxygens (including phenoxy) is 14. The number of hydrogen-bond donors (Lipinski definition) is 24. The van der Waals surface area contributed by atoms with E-state index in [4.69, 9.17) is 76.3 Å². The molecular weight excluding hydrogens is 1790 g/mol. The van der Waals surface area contributed by atoms with Gasteiger partial charge in [-0.2, -0.15) is 0 Å².